The molecule has 1 heterocycles. The predicted octanol–water partition coefficient (Wildman–Crippen LogP) is -1.91. The summed E-state index contributed by atoms with van der Waals surface area (Å²) in [6.07, 6.45) is 0.233. The van der Waals surface area contributed by atoms with Gasteiger partial charge in [0.25, 0.3) is 11.8 Å². The Hall–Kier alpha value is -3.08. The third-order valence-corrected chi connectivity index (χ3v) is 1.80. The number of primary amides is 1. The first-order chi connectivity index (χ1) is 10.0. The second-order valence-corrected chi connectivity index (χ2v) is 3.40. The molecule has 0 aliphatic heterocycles. The Morgan fingerprint density at radius 3 is 2.67 bits per heavy atom. The monoisotopic (exact) mass is 299 g/mol. The summed E-state index contributed by atoms with van der Waals surface area (Å²) in [7, 11) is 0. The van der Waals surface area contributed by atoms with Gasteiger partial charge in [-0.1, -0.05) is 0 Å². The lowest BCUT2D eigenvalue weighted by atomic mass is 10.6. The van der Waals surface area contributed by atoms with E-state index in [1.165, 1.54) is 12.3 Å². The minimum Gasteiger partial charge on any atom is -0.447 e. The zero-order chi connectivity index (χ0) is 15.7. The van der Waals surface area contributed by atoms with E-state index in [9.17, 15) is 14.4 Å². The molecule has 11 heteroatoms. The van der Waals surface area contributed by atoms with Crippen LogP contribution in [0.1, 0.15) is 0 Å². The van der Waals surface area contributed by atoms with Crippen molar-refractivity contribution in [3.8, 4) is 0 Å². The van der Waals surface area contributed by atoms with Crippen molar-refractivity contribution in [1.29, 1.82) is 0 Å². The molecule has 11 nitrogen and oxygen atoms in total. The van der Waals surface area contributed by atoms with Crippen LogP contribution in [0.25, 0.3) is 0 Å². The number of hydrazine groups is 1. The van der Waals surface area contributed by atoms with Gasteiger partial charge < -0.3 is 20.0 Å². The Balaban J connectivity index is 2.65. The highest BCUT2D eigenvalue weighted by Crippen LogP contribution is 2.10. The summed E-state index contributed by atoms with van der Waals surface area (Å²) >= 11 is 0. The number of amides is 3. The van der Waals surface area contributed by atoms with E-state index < -0.39 is 31.1 Å². The highest BCUT2D eigenvalue weighted by molar-refractivity contribution is 5.99. The van der Waals surface area contributed by atoms with Gasteiger partial charge in [-0.05, 0) is 6.07 Å². The predicted molar refractivity (Wildman–Crippen MR) is 67.8 cm³/mol. The summed E-state index contributed by atoms with van der Waals surface area (Å²) < 4.78 is 9.21. The summed E-state index contributed by atoms with van der Waals surface area (Å²) in [6.45, 7) is -1.40. The lowest BCUT2D eigenvalue weighted by Crippen LogP contribution is -2.51. The van der Waals surface area contributed by atoms with E-state index in [0.717, 1.165) is 0 Å². The minimum atomic E-state index is -1.11. The first-order valence-corrected chi connectivity index (χ1v) is 5.51. The molecule has 0 saturated carbocycles. The highest BCUT2D eigenvalue weighted by Gasteiger charge is 2.10. The number of carbonyl (C=O) groups is 3. The van der Waals surface area contributed by atoms with Crippen LogP contribution in [-0.4, -0.2) is 42.2 Å². The Kier molecular flexibility index (Phi) is 6.21. The van der Waals surface area contributed by atoms with Crippen molar-refractivity contribution >= 4 is 29.8 Å². The van der Waals surface area contributed by atoms with Crippen LogP contribution in [0.2, 0.25) is 0 Å². The minimum absolute atomic E-state index is 0.131. The second kappa shape index (κ2) is 8.16. The van der Waals surface area contributed by atoms with Gasteiger partial charge >= 0.3 is 6.09 Å². The number of aliphatic hydroxyl groups is 1. The van der Waals surface area contributed by atoms with E-state index in [0.29, 0.717) is 0 Å². The molecule has 0 aromatic carbocycles. The number of nitrogens with two attached hydrogens (primary N) is 1. The van der Waals surface area contributed by atoms with Crippen molar-refractivity contribution < 1.29 is 28.6 Å². The van der Waals surface area contributed by atoms with Crippen LogP contribution in [0.3, 0.4) is 0 Å². The third kappa shape index (κ3) is 6.58. The number of rotatable bonds is 4. The lowest BCUT2D eigenvalue weighted by molar-refractivity contribution is -0.125. The van der Waals surface area contributed by atoms with Gasteiger partial charge in [0.05, 0.1) is 6.26 Å². The van der Waals surface area contributed by atoms with Gasteiger partial charge in [-0.25, -0.2) is 4.79 Å². The summed E-state index contributed by atoms with van der Waals surface area (Å²) in [6, 6.07) is 3.04. The molecule has 0 aliphatic rings. The zero-order valence-electron chi connectivity index (χ0n) is 10.7. The maximum Gasteiger partial charge on any atom is 0.405 e. The lowest BCUT2D eigenvalue weighted by Gasteiger charge is -2.11. The molecule has 1 aromatic rings. The highest BCUT2D eigenvalue weighted by atomic mass is 16.5. The van der Waals surface area contributed by atoms with Crippen molar-refractivity contribution in [2.24, 2.45) is 10.7 Å². The van der Waals surface area contributed by atoms with E-state index in [1.54, 1.807) is 6.07 Å². The Bertz CT molecular complexity index is 526. The fourth-order valence-electron chi connectivity index (χ4n) is 1.00. The maximum atomic E-state index is 11.4. The van der Waals surface area contributed by atoms with Crippen molar-refractivity contribution in [3.05, 3.63) is 18.4 Å². The Morgan fingerprint density at radius 1 is 1.33 bits per heavy atom. The van der Waals surface area contributed by atoms with Crippen molar-refractivity contribution in [3.63, 3.8) is 0 Å². The number of ether oxygens (including phenoxy) is 1. The molecular formula is C10H13N5O6. The van der Waals surface area contributed by atoms with Crippen LogP contribution in [0, 0.1) is 0 Å². The van der Waals surface area contributed by atoms with Crippen LogP contribution in [0.15, 0.2) is 27.8 Å². The molecule has 114 valence electrons. The summed E-state index contributed by atoms with van der Waals surface area (Å²) in [5.41, 5.74) is 9.02. The number of aliphatic hydroxyl groups excluding tert-OH is 1. The molecule has 0 fully saturated rings. The van der Waals surface area contributed by atoms with Gasteiger partial charge in [0.2, 0.25) is 11.8 Å². The number of hydrogen-bond donors (Lipinski definition) is 5. The van der Waals surface area contributed by atoms with Crippen molar-refractivity contribution in [2.45, 2.75) is 0 Å². The SMILES string of the molecule is NC(=O)OCC(=O)NC(=Nc1ccco1)NNC(=O)CO. The van der Waals surface area contributed by atoms with Gasteiger partial charge in [-0.3, -0.25) is 25.8 Å². The van der Waals surface area contributed by atoms with Gasteiger partial charge in [-0.2, -0.15) is 4.99 Å². The first-order valence-electron chi connectivity index (χ1n) is 5.51. The van der Waals surface area contributed by atoms with Gasteiger partial charge in [0.15, 0.2) is 6.61 Å². The second-order valence-electron chi connectivity index (χ2n) is 3.40. The third-order valence-electron chi connectivity index (χ3n) is 1.80. The molecule has 0 aliphatic carbocycles. The van der Waals surface area contributed by atoms with Crippen molar-refractivity contribution in [2.75, 3.05) is 13.2 Å². The Morgan fingerprint density at radius 2 is 2.10 bits per heavy atom. The first kappa shape index (κ1) is 16.0. The van der Waals surface area contributed by atoms with E-state index in [4.69, 9.17) is 15.3 Å². The van der Waals surface area contributed by atoms with Crippen LogP contribution < -0.4 is 21.9 Å². The van der Waals surface area contributed by atoms with Crippen LogP contribution >= 0.6 is 0 Å². The Labute approximate surface area is 118 Å². The van der Waals surface area contributed by atoms with Crippen molar-refractivity contribution in [1.82, 2.24) is 16.2 Å². The number of furan rings is 1. The number of nitrogens with zero attached hydrogens (tertiary/aromatic N) is 1. The maximum absolute atomic E-state index is 11.4. The molecule has 0 spiro atoms. The molecule has 1 aromatic heterocycles. The number of carbonyl (C=O) groups excluding carboxylic acids is 3. The van der Waals surface area contributed by atoms with Crippen LogP contribution in [0.4, 0.5) is 10.7 Å². The topological polar surface area (TPSA) is 168 Å². The van der Waals surface area contributed by atoms with E-state index in [2.05, 4.69) is 25.9 Å². The fraction of sp³-hybridized carbons (Fsp3) is 0.200. The summed E-state index contributed by atoms with van der Waals surface area (Å²) in [5.74, 6) is -1.61. The summed E-state index contributed by atoms with van der Waals surface area (Å²) in [5, 5.41) is 10.8. The molecule has 1 rings (SSSR count). The number of guanidine groups is 1. The smallest absolute Gasteiger partial charge is 0.405 e. The van der Waals surface area contributed by atoms with Gasteiger partial charge in [0, 0.05) is 6.07 Å². The molecule has 0 atom stereocenters. The molecule has 3 amide bonds. The summed E-state index contributed by atoms with van der Waals surface area (Å²) in [4.78, 5) is 36.6. The average molecular weight is 299 g/mol. The van der Waals surface area contributed by atoms with E-state index in [1.807, 2.05) is 0 Å². The molecule has 0 unspecified atom stereocenters. The number of hydrogen-bond acceptors (Lipinski definition) is 7. The zero-order valence-corrected chi connectivity index (χ0v) is 10.7. The van der Waals surface area contributed by atoms with Gasteiger partial charge in [-0.15, -0.1) is 0 Å². The molecule has 0 radical (unpaired) electrons. The van der Waals surface area contributed by atoms with E-state index >= 15 is 0 Å². The normalized spacial score (nSPS) is 10.6. The fourth-order valence-corrected chi connectivity index (χ4v) is 1.00. The quantitative estimate of drug-likeness (QED) is 0.245. The van der Waals surface area contributed by atoms with Gasteiger partial charge in [0.1, 0.15) is 6.61 Å². The molecule has 6 N–H and O–H groups in total. The molecule has 0 saturated heterocycles. The average Bonchev–Trinajstić information content (AvgIpc) is 2.95. The molecule has 21 heavy (non-hydrogen) atoms. The standard InChI is InChI=1S/C10H13N5O6/c11-9(19)21-5-7(18)12-10(15-14-6(17)4-16)13-8-2-1-3-20-8/h1-3,16H,4-5H2,(H2,11,19)(H,14,17)(H2,12,13,15,18). The van der Waals surface area contributed by atoms with Crippen LogP contribution in [-0.2, 0) is 14.3 Å². The van der Waals surface area contributed by atoms with Crippen LogP contribution in [0.5, 0.6) is 0 Å². The van der Waals surface area contributed by atoms with E-state index in [-0.39, 0.29) is 11.8 Å². The largest absolute Gasteiger partial charge is 0.447 e. The molecular weight excluding hydrogens is 286 g/mol. The number of nitrogens with one attached hydrogen (secondary N) is 3. The molecule has 0 bridgehead atoms. The number of aliphatic imine (C=N–C) groups is 1.